The van der Waals surface area contributed by atoms with Gasteiger partial charge in [0.25, 0.3) is 0 Å². The van der Waals surface area contributed by atoms with Crippen molar-refractivity contribution in [1.29, 1.82) is 0 Å². The van der Waals surface area contributed by atoms with E-state index in [0.717, 1.165) is 17.0 Å². The summed E-state index contributed by atoms with van der Waals surface area (Å²) in [5.41, 5.74) is 9.08. The molecule has 0 saturated heterocycles. The average Bonchev–Trinajstić information content (AvgIpc) is 2.60. The molecule has 0 amide bonds. The standard InChI is InChI=1S/C18H20F3N3OS/c1-4-11(2)10-26-17-12(3)16(23-15(9-22)24-17)13-5-7-14(8-6-13)25-18(19,20)21/h5-8,10H,4,9,22H2,1-3H3/b11-10+. The van der Waals surface area contributed by atoms with Crippen LogP contribution >= 0.6 is 11.8 Å². The van der Waals surface area contributed by atoms with Gasteiger partial charge in [-0.15, -0.1) is 13.2 Å². The summed E-state index contributed by atoms with van der Waals surface area (Å²) >= 11 is 1.49. The lowest BCUT2D eigenvalue weighted by Gasteiger charge is -2.12. The number of thioether (sulfide) groups is 1. The zero-order valence-electron chi connectivity index (χ0n) is 14.7. The normalized spacial score (nSPS) is 12.3. The summed E-state index contributed by atoms with van der Waals surface area (Å²) < 4.78 is 40.8. The number of hydrogen-bond donors (Lipinski definition) is 1. The van der Waals surface area contributed by atoms with E-state index < -0.39 is 6.36 Å². The number of halogens is 3. The first-order valence-electron chi connectivity index (χ1n) is 7.99. The van der Waals surface area contributed by atoms with E-state index in [1.54, 1.807) is 0 Å². The van der Waals surface area contributed by atoms with Crippen LogP contribution in [0, 0.1) is 6.92 Å². The number of nitrogens with two attached hydrogens (primary N) is 1. The van der Waals surface area contributed by atoms with E-state index in [2.05, 4.69) is 21.6 Å². The fourth-order valence-electron chi connectivity index (χ4n) is 2.08. The van der Waals surface area contributed by atoms with E-state index in [-0.39, 0.29) is 12.3 Å². The molecule has 2 rings (SSSR count). The van der Waals surface area contributed by atoms with Crippen molar-refractivity contribution in [2.45, 2.75) is 45.1 Å². The second kappa shape index (κ2) is 8.55. The molecule has 0 bridgehead atoms. The number of aromatic nitrogens is 2. The fourth-order valence-corrected chi connectivity index (χ4v) is 2.99. The molecule has 26 heavy (non-hydrogen) atoms. The molecule has 140 valence electrons. The van der Waals surface area contributed by atoms with Gasteiger partial charge in [0.15, 0.2) is 0 Å². The molecule has 1 heterocycles. The molecular formula is C18H20F3N3OS. The Morgan fingerprint density at radius 1 is 1.23 bits per heavy atom. The summed E-state index contributed by atoms with van der Waals surface area (Å²) in [5, 5.41) is 2.80. The van der Waals surface area contributed by atoms with Crippen LogP contribution in [-0.2, 0) is 6.54 Å². The van der Waals surface area contributed by atoms with Gasteiger partial charge in [-0.2, -0.15) is 0 Å². The molecule has 2 N–H and O–H groups in total. The van der Waals surface area contributed by atoms with Gasteiger partial charge in [0.1, 0.15) is 16.6 Å². The van der Waals surface area contributed by atoms with Gasteiger partial charge in [-0.25, -0.2) is 9.97 Å². The summed E-state index contributed by atoms with van der Waals surface area (Å²) in [7, 11) is 0. The lowest BCUT2D eigenvalue weighted by Crippen LogP contribution is -2.17. The minimum atomic E-state index is -4.72. The van der Waals surface area contributed by atoms with Crippen molar-refractivity contribution < 1.29 is 17.9 Å². The smallest absolute Gasteiger partial charge is 0.406 e. The molecule has 0 atom stereocenters. The Labute approximate surface area is 154 Å². The van der Waals surface area contributed by atoms with Crippen molar-refractivity contribution in [3.05, 3.63) is 46.6 Å². The minimum absolute atomic E-state index is 0.173. The Hall–Kier alpha value is -2.06. The molecule has 0 radical (unpaired) electrons. The van der Waals surface area contributed by atoms with Crippen LogP contribution < -0.4 is 10.5 Å². The number of alkyl halides is 3. The third kappa shape index (κ3) is 5.47. The van der Waals surface area contributed by atoms with Crippen molar-refractivity contribution in [2.75, 3.05) is 0 Å². The van der Waals surface area contributed by atoms with Gasteiger partial charge in [0.05, 0.1) is 12.2 Å². The molecule has 0 aliphatic rings. The van der Waals surface area contributed by atoms with Crippen molar-refractivity contribution in [2.24, 2.45) is 5.73 Å². The second-order valence-corrected chi connectivity index (χ2v) is 6.49. The Morgan fingerprint density at radius 3 is 2.42 bits per heavy atom. The molecule has 0 aliphatic heterocycles. The maximum Gasteiger partial charge on any atom is 0.573 e. The van der Waals surface area contributed by atoms with Crippen molar-refractivity contribution in [3.63, 3.8) is 0 Å². The molecule has 0 aliphatic carbocycles. The molecule has 0 unspecified atom stereocenters. The Kier molecular flexibility index (Phi) is 6.66. The first-order valence-corrected chi connectivity index (χ1v) is 8.87. The Bertz CT molecular complexity index is 790. The molecule has 4 nitrogen and oxygen atoms in total. The lowest BCUT2D eigenvalue weighted by atomic mass is 10.1. The highest BCUT2D eigenvalue weighted by Crippen LogP contribution is 2.32. The number of rotatable bonds is 6. The first-order chi connectivity index (χ1) is 12.2. The average molecular weight is 383 g/mol. The van der Waals surface area contributed by atoms with Crippen LogP contribution in [0.3, 0.4) is 0 Å². The molecule has 0 saturated carbocycles. The summed E-state index contributed by atoms with van der Waals surface area (Å²) in [6.45, 7) is 6.16. The van der Waals surface area contributed by atoms with Gasteiger partial charge in [-0.1, -0.05) is 24.3 Å². The van der Waals surface area contributed by atoms with E-state index in [1.807, 2.05) is 19.3 Å². The molecule has 1 aromatic carbocycles. The summed E-state index contributed by atoms with van der Waals surface area (Å²) in [6.07, 6.45) is -3.78. The number of hydrogen-bond acceptors (Lipinski definition) is 5. The number of ether oxygens (including phenoxy) is 1. The highest BCUT2D eigenvalue weighted by atomic mass is 32.2. The van der Waals surface area contributed by atoms with Gasteiger partial charge in [-0.05, 0) is 49.9 Å². The van der Waals surface area contributed by atoms with Gasteiger partial charge in [0.2, 0.25) is 0 Å². The van der Waals surface area contributed by atoms with Crippen LogP contribution in [0.1, 0.15) is 31.7 Å². The van der Waals surface area contributed by atoms with Crippen LogP contribution in [0.4, 0.5) is 13.2 Å². The molecule has 0 fully saturated rings. The van der Waals surface area contributed by atoms with Crippen LogP contribution in [0.5, 0.6) is 5.75 Å². The van der Waals surface area contributed by atoms with E-state index in [4.69, 9.17) is 5.73 Å². The third-order valence-electron chi connectivity index (χ3n) is 3.62. The maximum atomic E-state index is 12.3. The van der Waals surface area contributed by atoms with Crippen LogP contribution in [-0.4, -0.2) is 16.3 Å². The fraction of sp³-hybridized carbons (Fsp3) is 0.333. The first kappa shape index (κ1) is 20.3. The molecule has 2 aromatic rings. The predicted octanol–water partition coefficient (Wildman–Crippen LogP) is 5.22. The van der Waals surface area contributed by atoms with Gasteiger partial charge < -0.3 is 10.5 Å². The summed E-state index contributed by atoms with van der Waals surface area (Å²) in [5.74, 6) is 0.203. The highest BCUT2D eigenvalue weighted by Gasteiger charge is 2.31. The van der Waals surface area contributed by atoms with Crippen LogP contribution in [0.25, 0.3) is 11.3 Å². The van der Waals surface area contributed by atoms with Crippen molar-refractivity contribution in [1.82, 2.24) is 9.97 Å². The second-order valence-electron chi connectivity index (χ2n) is 5.63. The van der Waals surface area contributed by atoms with Crippen molar-refractivity contribution in [3.8, 4) is 17.0 Å². The zero-order chi connectivity index (χ0) is 19.3. The number of allylic oxidation sites excluding steroid dienone is 1. The van der Waals surface area contributed by atoms with Crippen molar-refractivity contribution >= 4 is 11.8 Å². The summed E-state index contributed by atoms with van der Waals surface area (Å²) in [4.78, 5) is 8.90. The molecule has 8 heteroatoms. The van der Waals surface area contributed by atoms with E-state index in [1.165, 1.54) is 41.6 Å². The van der Waals surface area contributed by atoms with Gasteiger partial charge in [-0.3, -0.25) is 0 Å². The molecular weight excluding hydrogens is 363 g/mol. The summed E-state index contributed by atoms with van der Waals surface area (Å²) in [6, 6.07) is 5.61. The molecule has 1 aromatic heterocycles. The third-order valence-corrected chi connectivity index (χ3v) is 4.76. The van der Waals surface area contributed by atoms with Crippen LogP contribution in [0.2, 0.25) is 0 Å². The molecule has 0 spiro atoms. The SMILES string of the molecule is CC/C(C)=C/Sc1nc(CN)nc(-c2ccc(OC(F)(F)F)cc2)c1C. The highest BCUT2D eigenvalue weighted by molar-refractivity contribution is 8.02. The zero-order valence-corrected chi connectivity index (χ0v) is 15.5. The maximum absolute atomic E-state index is 12.3. The van der Waals surface area contributed by atoms with Crippen LogP contribution in [0.15, 0.2) is 40.3 Å². The van der Waals surface area contributed by atoms with Gasteiger partial charge >= 0.3 is 6.36 Å². The Morgan fingerprint density at radius 2 is 1.88 bits per heavy atom. The van der Waals surface area contributed by atoms with E-state index >= 15 is 0 Å². The number of nitrogens with zero attached hydrogens (tertiary/aromatic N) is 2. The lowest BCUT2D eigenvalue weighted by molar-refractivity contribution is -0.274. The minimum Gasteiger partial charge on any atom is -0.406 e. The topological polar surface area (TPSA) is 61.0 Å². The monoisotopic (exact) mass is 383 g/mol. The van der Waals surface area contributed by atoms with Gasteiger partial charge in [0, 0.05) is 11.1 Å². The van der Waals surface area contributed by atoms with E-state index in [0.29, 0.717) is 17.1 Å². The predicted molar refractivity (Wildman–Crippen MR) is 96.7 cm³/mol. The largest absolute Gasteiger partial charge is 0.573 e. The quantitative estimate of drug-likeness (QED) is 0.548. The number of benzene rings is 1. The van der Waals surface area contributed by atoms with E-state index in [9.17, 15) is 13.2 Å². The Balaban J connectivity index is 2.39.